The zero-order valence-corrected chi connectivity index (χ0v) is 9.70. The zero-order chi connectivity index (χ0) is 12.0. The van der Waals surface area contributed by atoms with Crippen LogP contribution in [0, 0.1) is 5.92 Å². The van der Waals surface area contributed by atoms with Crippen LogP contribution in [-0.2, 0) is 14.3 Å². The highest BCUT2D eigenvalue weighted by Crippen LogP contribution is 2.26. The molecule has 92 valence electrons. The van der Waals surface area contributed by atoms with Crippen molar-refractivity contribution < 1.29 is 14.3 Å². The maximum absolute atomic E-state index is 11.5. The largest absolute Gasteiger partial charge is 0.465 e. The van der Waals surface area contributed by atoms with Crippen LogP contribution in [0.5, 0.6) is 0 Å². The molecule has 0 heterocycles. The lowest BCUT2D eigenvalue weighted by Crippen LogP contribution is -2.34. The second kappa shape index (κ2) is 6.48. The Morgan fingerprint density at radius 3 is 2.75 bits per heavy atom. The Morgan fingerprint density at radius 1 is 1.44 bits per heavy atom. The van der Waals surface area contributed by atoms with E-state index in [0.717, 1.165) is 19.3 Å². The van der Waals surface area contributed by atoms with Gasteiger partial charge in [-0.05, 0) is 25.7 Å². The Bertz CT molecular complexity index is 256. The number of hydrogen-bond donors (Lipinski definition) is 2. The average molecular weight is 228 g/mol. The zero-order valence-electron chi connectivity index (χ0n) is 9.70. The van der Waals surface area contributed by atoms with Gasteiger partial charge in [-0.2, -0.15) is 0 Å². The molecule has 1 rings (SSSR count). The first kappa shape index (κ1) is 13.0. The van der Waals surface area contributed by atoms with Crippen LogP contribution >= 0.6 is 0 Å². The molecule has 0 unspecified atom stereocenters. The molecule has 0 aromatic carbocycles. The van der Waals surface area contributed by atoms with Crippen molar-refractivity contribution in [3.63, 3.8) is 0 Å². The summed E-state index contributed by atoms with van der Waals surface area (Å²) in [4.78, 5) is 22.5. The van der Waals surface area contributed by atoms with Crippen LogP contribution in [-0.4, -0.2) is 31.1 Å². The van der Waals surface area contributed by atoms with E-state index in [9.17, 15) is 9.59 Å². The second-order valence-corrected chi connectivity index (χ2v) is 4.14. The van der Waals surface area contributed by atoms with E-state index in [2.05, 4.69) is 5.32 Å². The van der Waals surface area contributed by atoms with Crippen LogP contribution in [0.3, 0.4) is 0 Å². The summed E-state index contributed by atoms with van der Waals surface area (Å²) >= 11 is 0. The SMILES string of the molecule is CCOC(=O)CNC(=O)C[C@@H]1CCC[C@H]1N. The smallest absolute Gasteiger partial charge is 0.325 e. The lowest BCUT2D eigenvalue weighted by molar-refractivity contribution is -0.143. The van der Waals surface area contributed by atoms with E-state index >= 15 is 0 Å². The van der Waals surface area contributed by atoms with Crippen molar-refractivity contribution >= 4 is 11.9 Å². The maximum Gasteiger partial charge on any atom is 0.325 e. The highest BCUT2D eigenvalue weighted by molar-refractivity contribution is 5.82. The lowest BCUT2D eigenvalue weighted by Gasteiger charge is -2.14. The van der Waals surface area contributed by atoms with Crippen LogP contribution in [0.15, 0.2) is 0 Å². The molecule has 1 saturated carbocycles. The molecule has 1 aliphatic carbocycles. The van der Waals surface area contributed by atoms with E-state index in [1.165, 1.54) is 0 Å². The second-order valence-electron chi connectivity index (χ2n) is 4.14. The van der Waals surface area contributed by atoms with Crippen molar-refractivity contribution in [3.05, 3.63) is 0 Å². The summed E-state index contributed by atoms with van der Waals surface area (Å²) in [5.74, 6) is -0.246. The van der Waals surface area contributed by atoms with Crippen molar-refractivity contribution in [2.24, 2.45) is 11.7 Å². The molecule has 0 aromatic rings. The summed E-state index contributed by atoms with van der Waals surface area (Å²) < 4.78 is 4.71. The number of carbonyl (C=O) groups excluding carboxylic acids is 2. The fraction of sp³-hybridized carbons (Fsp3) is 0.818. The van der Waals surface area contributed by atoms with Gasteiger partial charge in [-0.1, -0.05) is 6.42 Å². The molecule has 1 amide bonds. The molecule has 0 saturated heterocycles. The third-order valence-electron chi connectivity index (χ3n) is 2.90. The first-order chi connectivity index (χ1) is 7.63. The Balaban J connectivity index is 2.18. The quantitative estimate of drug-likeness (QED) is 0.658. The van der Waals surface area contributed by atoms with Crippen LogP contribution < -0.4 is 11.1 Å². The molecular weight excluding hydrogens is 208 g/mol. The summed E-state index contributed by atoms with van der Waals surface area (Å²) in [6, 6.07) is 0.133. The van der Waals surface area contributed by atoms with Crippen molar-refractivity contribution in [2.45, 2.75) is 38.6 Å². The van der Waals surface area contributed by atoms with E-state index in [1.54, 1.807) is 6.92 Å². The summed E-state index contributed by atoms with van der Waals surface area (Å²) in [6.45, 7) is 2.02. The Morgan fingerprint density at radius 2 is 2.19 bits per heavy atom. The van der Waals surface area contributed by atoms with Crippen LogP contribution in [0.1, 0.15) is 32.6 Å². The van der Waals surface area contributed by atoms with Crippen LogP contribution in [0.25, 0.3) is 0 Å². The maximum atomic E-state index is 11.5. The number of hydrogen-bond acceptors (Lipinski definition) is 4. The normalized spacial score (nSPS) is 24.1. The Hall–Kier alpha value is -1.10. The molecule has 0 aromatic heterocycles. The van der Waals surface area contributed by atoms with Crippen molar-refractivity contribution in [1.29, 1.82) is 0 Å². The van der Waals surface area contributed by atoms with Gasteiger partial charge in [0.05, 0.1) is 6.61 Å². The number of ether oxygens (including phenoxy) is 1. The van der Waals surface area contributed by atoms with Gasteiger partial charge in [-0.25, -0.2) is 0 Å². The molecule has 5 nitrogen and oxygen atoms in total. The number of rotatable bonds is 5. The first-order valence-corrected chi connectivity index (χ1v) is 5.81. The minimum atomic E-state index is -0.397. The molecule has 0 radical (unpaired) electrons. The van der Waals surface area contributed by atoms with Gasteiger partial charge < -0.3 is 15.8 Å². The van der Waals surface area contributed by atoms with Crippen molar-refractivity contribution in [2.75, 3.05) is 13.2 Å². The van der Waals surface area contributed by atoms with E-state index in [1.807, 2.05) is 0 Å². The van der Waals surface area contributed by atoms with Crippen molar-refractivity contribution in [1.82, 2.24) is 5.32 Å². The van der Waals surface area contributed by atoms with Crippen molar-refractivity contribution in [3.8, 4) is 0 Å². The van der Waals surface area contributed by atoms with Gasteiger partial charge in [-0.15, -0.1) is 0 Å². The van der Waals surface area contributed by atoms with Gasteiger partial charge in [0.2, 0.25) is 5.91 Å². The molecule has 0 spiro atoms. The fourth-order valence-electron chi connectivity index (χ4n) is 2.01. The van der Waals surface area contributed by atoms with E-state index in [0.29, 0.717) is 13.0 Å². The molecule has 3 N–H and O–H groups in total. The molecule has 5 heteroatoms. The van der Waals surface area contributed by atoms with Gasteiger partial charge in [0.1, 0.15) is 6.54 Å². The highest BCUT2D eigenvalue weighted by Gasteiger charge is 2.26. The molecule has 2 atom stereocenters. The summed E-state index contributed by atoms with van der Waals surface area (Å²) in [5, 5.41) is 2.55. The number of amides is 1. The minimum Gasteiger partial charge on any atom is -0.465 e. The highest BCUT2D eigenvalue weighted by atomic mass is 16.5. The third kappa shape index (κ3) is 4.18. The summed E-state index contributed by atoms with van der Waals surface area (Å²) in [7, 11) is 0. The molecule has 1 aliphatic rings. The predicted octanol–water partition coefficient (Wildman–Crippen LogP) is 0.183. The van der Waals surface area contributed by atoms with Gasteiger partial charge in [0, 0.05) is 12.5 Å². The predicted molar refractivity (Wildman–Crippen MR) is 59.6 cm³/mol. The van der Waals surface area contributed by atoms with Gasteiger partial charge in [0.15, 0.2) is 0 Å². The fourth-order valence-corrected chi connectivity index (χ4v) is 2.01. The Labute approximate surface area is 95.7 Å². The lowest BCUT2D eigenvalue weighted by atomic mass is 10.00. The van der Waals surface area contributed by atoms with E-state index in [4.69, 9.17) is 10.5 Å². The first-order valence-electron chi connectivity index (χ1n) is 5.81. The summed E-state index contributed by atoms with van der Waals surface area (Å²) in [6.07, 6.45) is 3.52. The molecule has 16 heavy (non-hydrogen) atoms. The van der Waals surface area contributed by atoms with Crippen LogP contribution in [0.4, 0.5) is 0 Å². The number of nitrogens with one attached hydrogen (secondary N) is 1. The summed E-state index contributed by atoms with van der Waals surface area (Å²) in [5.41, 5.74) is 5.86. The number of carbonyl (C=O) groups is 2. The molecule has 0 aliphatic heterocycles. The van der Waals surface area contributed by atoms with Gasteiger partial charge in [-0.3, -0.25) is 9.59 Å². The standard InChI is InChI=1S/C11H20N2O3/c1-2-16-11(15)7-13-10(14)6-8-4-3-5-9(8)12/h8-9H,2-7,12H2,1H3,(H,13,14)/t8-,9+/m0/s1. The van der Waals surface area contributed by atoms with Gasteiger partial charge >= 0.3 is 5.97 Å². The van der Waals surface area contributed by atoms with Crippen LogP contribution in [0.2, 0.25) is 0 Å². The minimum absolute atomic E-state index is 0.0470. The van der Waals surface area contributed by atoms with E-state index in [-0.39, 0.29) is 24.4 Å². The van der Waals surface area contributed by atoms with Gasteiger partial charge in [0.25, 0.3) is 0 Å². The third-order valence-corrected chi connectivity index (χ3v) is 2.90. The Kier molecular flexibility index (Phi) is 5.25. The molecular formula is C11H20N2O3. The molecule has 1 fully saturated rings. The topological polar surface area (TPSA) is 81.4 Å². The number of nitrogens with two attached hydrogens (primary N) is 1. The monoisotopic (exact) mass is 228 g/mol. The number of esters is 1. The van der Waals surface area contributed by atoms with E-state index < -0.39 is 5.97 Å². The molecule has 0 bridgehead atoms. The average Bonchev–Trinajstić information content (AvgIpc) is 2.62.